The molecule has 3 heterocycles. The molecular formula is C14H23N5O. The third-order valence-corrected chi connectivity index (χ3v) is 4.26. The fourth-order valence-corrected chi connectivity index (χ4v) is 3.11. The fraction of sp³-hybridized carbons (Fsp3) is 0.786. The summed E-state index contributed by atoms with van der Waals surface area (Å²) < 4.78 is 2.19. The highest BCUT2D eigenvalue weighted by Gasteiger charge is 2.26. The van der Waals surface area contributed by atoms with Gasteiger partial charge in [0.1, 0.15) is 5.82 Å². The molecule has 1 aromatic rings. The maximum absolute atomic E-state index is 12.2. The predicted octanol–water partition coefficient (Wildman–Crippen LogP) is 0.934. The Morgan fingerprint density at radius 2 is 2.25 bits per heavy atom. The van der Waals surface area contributed by atoms with Crippen LogP contribution in [0.25, 0.3) is 0 Å². The SMILES string of the molecule is C[C@@H](NC(=O)C1CCCN1)c1nnc2n1CCCCC2. The molecule has 0 spiro atoms. The molecule has 0 aliphatic carbocycles. The molecule has 20 heavy (non-hydrogen) atoms. The Balaban J connectivity index is 1.69. The topological polar surface area (TPSA) is 71.8 Å². The smallest absolute Gasteiger partial charge is 0.237 e. The van der Waals surface area contributed by atoms with Gasteiger partial charge in [-0.05, 0) is 39.2 Å². The van der Waals surface area contributed by atoms with Gasteiger partial charge in [-0.25, -0.2) is 0 Å². The highest BCUT2D eigenvalue weighted by atomic mass is 16.2. The van der Waals surface area contributed by atoms with Crippen molar-refractivity contribution in [2.75, 3.05) is 6.54 Å². The lowest BCUT2D eigenvalue weighted by molar-refractivity contribution is -0.123. The minimum absolute atomic E-state index is 0.0380. The van der Waals surface area contributed by atoms with E-state index in [2.05, 4.69) is 25.4 Å². The molecule has 1 aromatic heterocycles. The number of carbonyl (C=O) groups is 1. The molecule has 110 valence electrons. The summed E-state index contributed by atoms with van der Waals surface area (Å²) in [5.74, 6) is 2.05. The second kappa shape index (κ2) is 5.91. The van der Waals surface area contributed by atoms with Crippen LogP contribution in [0.5, 0.6) is 0 Å². The lowest BCUT2D eigenvalue weighted by atomic mass is 10.2. The molecule has 0 saturated carbocycles. The number of aryl methyl sites for hydroxylation is 1. The standard InChI is InChI=1S/C14H23N5O/c1-10(16-14(20)11-6-5-8-15-11)13-18-17-12-7-3-2-4-9-19(12)13/h10-11,15H,2-9H2,1H3,(H,16,20)/t10-,11?/m1/s1. The molecule has 6 heteroatoms. The van der Waals surface area contributed by atoms with E-state index in [1.54, 1.807) is 0 Å². The Labute approximate surface area is 119 Å². The lowest BCUT2D eigenvalue weighted by Crippen LogP contribution is -2.42. The van der Waals surface area contributed by atoms with Gasteiger partial charge >= 0.3 is 0 Å². The molecule has 6 nitrogen and oxygen atoms in total. The van der Waals surface area contributed by atoms with Gasteiger partial charge in [-0.1, -0.05) is 6.42 Å². The first-order chi connectivity index (χ1) is 9.75. The number of nitrogens with zero attached hydrogens (tertiary/aromatic N) is 3. The molecule has 1 fully saturated rings. The van der Waals surface area contributed by atoms with E-state index in [0.29, 0.717) is 0 Å². The molecule has 2 N–H and O–H groups in total. The van der Waals surface area contributed by atoms with Crippen molar-refractivity contribution in [2.24, 2.45) is 0 Å². The van der Waals surface area contributed by atoms with Gasteiger partial charge in [0, 0.05) is 13.0 Å². The minimum Gasteiger partial charge on any atom is -0.345 e. The summed E-state index contributed by atoms with van der Waals surface area (Å²) >= 11 is 0. The van der Waals surface area contributed by atoms with Crippen LogP contribution in [0.15, 0.2) is 0 Å². The number of amides is 1. The first kappa shape index (κ1) is 13.5. The number of rotatable bonds is 3. The second-order valence-electron chi connectivity index (χ2n) is 5.82. The van der Waals surface area contributed by atoms with E-state index in [0.717, 1.165) is 44.0 Å². The number of carbonyl (C=O) groups excluding carboxylic acids is 1. The van der Waals surface area contributed by atoms with Gasteiger partial charge in [0.25, 0.3) is 0 Å². The van der Waals surface area contributed by atoms with E-state index in [-0.39, 0.29) is 18.0 Å². The number of fused-ring (bicyclic) bond motifs is 1. The molecule has 0 bridgehead atoms. The first-order valence-corrected chi connectivity index (χ1v) is 7.71. The first-order valence-electron chi connectivity index (χ1n) is 7.71. The summed E-state index contributed by atoms with van der Waals surface area (Å²) in [4.78, 5) is 12.2. The summed E-state index contributed by atoms with van der Waals surface area (Å²) in [5.41, 5.74) is 0. The summed E-state index contributed by atoms with van der Waals surface area (Å²) in [7, 11) is 0. The van der Waals surface area contributed by atoms with E-state index in [4.69, 9.17) is 0 Å². The van der Waals surface area contributed by atoms with Crippen molar-refractivity contribution in [1.82, 2.24) is 25.4 Å². The molecule has 0 radical (unpaired) electrons. The van der Waals surface area contributed by atoms with Gasteiger partial charge in [0.05, 0.1) is 12.1 Å². The summed E-state index contributed by atoms with van der Waals surface area (Å²) in [6, 6.07) is -0.117. The quantitative estimate of drug-likeness (QED) is 0.862. The summed E-state index contributed by atoms with van der Waals surface area (Å²) in [5, 5.41) is 14.9. The maximum Gasteiger partial charge on any atom is 0.237 e. The molecule has 1 saturated heterocycles. The number of hydrogen-bond donors (Lipinski definition) is 2. The van der Waals surface area contributed by atoms with Gasteiger partial charge in [-0.15, -0.1) is 10.2 Å². The fourth-order valence-electron chi connectivity index (χ4n) is 3.11. The van der Waals surface area contributed by atoms with E-state index in [9.17, 15) is 4.79 Å². The molecule has 1 amide bonds. The van der Waals surface area contributed by atoms with Gasteiger partial charge < -0.3 is 15.2 Å². The lowest BCUT2D eigenvalue weighted by Gasteiger charge is -2.17. The Kier molecular flexibility index (Phi) is 4.00. The van der Waals surface area contributed by atoms with Crippen LogP contribution in [0, 0.1) is 0 Å². The zero-order chi connectivity index (χ0) is 13.9. The Morgan fingerprint density at radius 3 is 3.05 bits per heavy atom. The van der Waals surface area contributed by atoms with Crippen molar-refractivity contribution >= 4 is 5.91 Å². The minimum atomic E-state index is -0.0794. The van der Waals surface area contributed by atoms with Crippen LogP contribution >= 0.6 is 0 Å². The summed E-state index contributed by atoms with van der Waals surface area (Å²) in [6.07, 6.45) is 6.60. The predicted molar refractivity (Wildman–Crippen MR) is 75.2 cm³/mol. The van der Waals surface area contributed by atoms with Crippen LogP contribution in [-0.2, 0) is 17.8 Å². The van der Waals surface area contributed by atoms with Crippen LogP contribution in [0.2, 0.25) is 0 Å². The van der Waals surface area contributed by atoms with Crippen LogP contribution in [0.1, 0.15) is 56.7 Å². The van der Waals surface area contributed by atoms with Crippen molar-refractivity contribution in [3.05, 3.63) is 11.6 Å². The molecule has 1 unspecified atom stereocenters. The van der Waals surface area contributed by atoms with Gasteiger partial charge in [-0.3, -0.25) is 4.79 Å². The molecular weight excluding hydrogens is 254 g/mol. The van der Waals surface area contributed by atoms with E-state index < -0.39 is 0 Å². The Morgan fingerprint density at radius 1 is 1.35 bits per heavy atom. The van der Waals surface area contributed by atoms with E-state index >= 15 is 0 Å². The Bertz CT molecular complexity index is 478. The average molecular weight is 277 g/mol. The molecule has 2 atom stereocenters. The average Bonchev–Trinajstić information content (AvgIpc) is 3.04. The normalized spacial score (nSPS) is 23.9. The van der Waals surface area contributed by atoms with E-state index in [1.807, 2.05) is 6.92 Å². The molecule has 2 aliphatic heterocycles. The van der Waals surface area contributed by atoms with Gasteiger partial charge in [-0.2, -0.15) is 0 Å². The van der Waals surface area contributed by atoms with Crippen LogP contribution < -0.4 is 10.6 Å². The van der Waals surface area contributed by atoms with Crippen molar-refractivity contribution < 1.29 is 4.79 Å². The number of nitrogens with one attached hydrogen (secondary N) is 2. The van der Waals surface area contributed by atoms with Gasteiger partial charge in [0.15, 0.2) is 5.82 Å². The maximum atomic E-state index is 12.2. The third kappa shape index (κ3) is 2.70. The van der Waals surface area contributed by atoms with Crippen LogP contribution in [0.4, 0.5) is 0 Å². The number of hydrogen-bond acceptors (Lipinski definition) is 4. The van der Waals surface area contributed by atoms with Crippen molar-refractivity contribution in [2.45, 2.75) is 64.1 Å². The van der Waals surface area contributed by atoms with Crippen molar-refractivity contribution in [1.29, 1.82) is 0 Å². The van der Waals surface area contributed by atoms with E-state index in [1.165, 1.54) is 19.3 Å². The summed E-state index contributed by atoms with van der Waals surface area (Å²) in [6.45, 7) is 3.90. The zero-order valence-corrected chi connectivity index (χ0v) is 12.1. The van der Waals surface area contributed by atoms with Crippen LogP contribution in [0.3, 0.4) is 0 Å². The third-order valence-electron chi connectivity index (χ3n) is 4.26. The van der Waals surface area contributed by atoms with Gasteiger partial charge in [0.2, 0.25) is 5.91 Å². The molecule has 3 rings (SSSR count). The molecule has 2 aliphatic rings. The highest BCUT2D eigenvalue weighted by molar-refractivity contribution is 5.82. The largest absolute Gasteiger partial charge is 0.345 e. The second-order valence-corrected chi connectivity index (χ2v) is 5.82. The van der Waals surface area contributed by atoms with Crippen LogP contribution in [-0.4, -0.2) is 33.3 Å². The van der Waals surface area contributed by atoms with Crippen molar-refractivity contribution in [3.8, 4) is 0 Å². The highest BCUT2D eigenvalue weighted by Crippen LogP contribution is 2.19. The van der Waals surface area contributed by atoms with Crippen molar-refractivity contribution in [3.63, 3.8) is 0 Å². The molecule has 0 aromatic carbocycles. The number of aromatic nitrogens is 3. The zero-order valence-electron chi connectivity index (χ0n) is 12.1. The monoisotopic (exact) mass is 277 g/mol. The Hall–Kier alpha value is -1.43.